The first-order valence-corrected chi connectivity index (χ1v) is 7.12. The van der Waals surface area contributed by atoms with Crippen LogP contribution in [0.3, 0.4) is 0 Å². The number of H-pyrrole nitrogens is 1. The van der Waals surface area contributed by atoms with E-state index in [1.54, 1.807) is 12.1 Å². The minimum atomic E-state index is -4.44. The van der Waals surface area contributed by atoms with Crippen molar-refractivity contribution in [3.8, 4) is 17.1 Å². The van der Waals surface area contributed by atoms with Crippen molar-refractivity contribution in [1.29, 1.82) is 0 Å². The predicted octanol–water partition coefficient (Wildman–Crippen LogP) is 4.66. The van der Waals surface area contributed by atoms with Crippen molar-refractivity contribution in [2.45, 2.75) is 6.18 Å². The zero-order valence-corrected chi connectivity index (χ0v) is 12.9. The maximum Gasteiger partial charge on any atom is 0.416 e. The minimum absolute atomic E-state index is 0.175. The fourth-order valence-corrected chi connectivity index (χ4v) is 2.41. The van der Waals surface area contributed by atoms with Crippen molar-refractivity contribution in [2.24, 2.45) is 0 Å². The summed E-state index contributed by atoms with van der Waals surface area (Å²) in [5, 5.41) is 6.95. The quantitative estimate of drug-likeness (QED) is 0.536. The summed E-state index contributed by atoms with van der Waals surface area (Å²) in [5.41, 5.74) is 0.0565. The standard InChI is InChI=1S/C14H8ClF3N4S/c15-11-5-4-8(7-19-11)12-20-21-13(23)22(12)10-3-1-2-9(6-10)14(16,17)18/h1-7H,(H,21,23). The molecule has 0 amide bonds. The number of aromatic amines is 1. The molecule has 0 aliphatic rings. The van der Waals surface area contributed by atoms with E-state index >= 15 is 0 Å². The fraction of sp³-hybridized carbons (Fsp3) is 0.0714. The summed E-state index contributed by atoms with van der Waals surface area (Å²) < 4.78 is 40.3. The Hall–Kier alpha value is -2.19. The van der Waals surface area contributed by atoms with E-state index < -0.39 is 11.7 Å². The van der Waals surface area contributed by atoms with Crippen LogP contribution in [0.5, 0.6) is 0 Å². The molecule has 23 heavy (non-hydrogen) atoms. The molecule has 0 fully saturated rings. The molecule has 2 heterocycles. The second-order valence-electron chi connectivity index (χ2n) is 4.61. The first-order valence-electron chi connectivity index (χ1n) is 6.33. The highest BCUT2D eigenvalue weighted by atomic mass is 35.5. The Morgan fingerprint density at radius 1 is 1.17 bits per heavy atom. The Labute approximate surface area is 138 Å². The second-order valence-corrected chi connectivity index (χ2v) is 5.38. The molecule has 0 saturated heterocycles. The zero-order chi connectivity index (χ0) is 16.6. The summed E-state index contributed by atoms with van der Waals surface area (Å²) in [7, 11) is 0. The van der Waals surface area contributed by atoms with Gasteiger partial charge in [0.15, 0.2) is 10.6 Å². The van der Waals surface area contributed by atoms with Crippen LogP contribution in [-0.4, -0.2) is 19.7 Å². The van der Waals surface area contributed by atoms with Crippen molar-refractivity contribution in [3.05, 3.63) is 58.1 Å². The molecule has 0 spiro atoms. The molecule has 0 aliphatic carbocycles. The van der Waals surface area contributed by atoms with Crippen LogP contribution >= 0.6 is 23.8 Å². The maximum absolute atomic E-state index is 12.9. The number of halogens is 4. The third-order valence-corrected chi connectivity index (χ3v) is 3.59. The number of nitrogens with one attached hydrogen (secondary N) is 1. The maximum atomic E-state index is 12.9. The highest BCUT2D eigenvalue weighted by Crippen LogP contribution is 2.31. The van der Waals surface area contributed by atoms with Gasteiger partial charge in [0.2, 0.25) is 0 Å². The molecule has 2 aromatic heterocycles. The van der Waals surface area contributed by atoms with Crippen molar-refractivity contribution in [1.82, 2.24) is 19.7 Å². The summed E-state index contributed by atoms with van der Waals surface area (Å²) in [6.45, 7) is 0. The molecule has 0 unspecified atom stereocenters. The minimum Gasteiger partial charge on any atom is -0.268 e. The molecule has 118 valence electrons. The molecule has 3 rings (SSSR count). The van der Waals surface area contributed by atoms with Gasteiger partial charge in [-0.1, -0.05) is 17.7 Å². The average molecular weight is 357 g/mol. The monoisotopic (exact) mass is 356 g/mol. The molecule has 0 radical (unpaired) electrons. The van der Waals surface area contributed by atoms with E-state index in [1.807, 2.05) is 0 Å². The van der Waals surface area contributed by atoms with Gasteiger partial charge >= 0.3 is 6.18 Å². The summed E-state index contributed by atoms with van der Waals surface area (Å²) in [6, 6.07) is 8.06. The van der Waals surface area contributed by atoms with Crippen LogP contribution in [0, 0.1) is 4.77 Å². The highest BCUT2D eigenvalue weighted by Gasteiger charge is 2.30. The molecular formula is C14H8ClF3N4S. The molecule has 1 N–H and O–H groups in total. The Bertz CT molecular complexity index is 899. The number of hydrogen-bond donors (Lipinski definition) is 1. The van der Waals surface area contributed by atoms with Gasteiger partial charge in [0.05, 0.1) is 11.3 Å². The predicted molar refractivity (Wildman–Crippen MR) is 82.0 cm³/mol. The third-order valence-electron chi connectivity index (χ3n) is 3.09. The Balaban J connectivity index is 2.16. The smallest absolute Gasteiger partial charge is 0.268 e. The van der Waals surface area contributed by atoms with E-state index in [2.05, 4.69) is 15.2 Å². The van der Waals surface area contributed by atoms with Gasteiger partial charge in [-0.25, -0.2) is 4.98 Å². The molecule has 9 heteroatoms. The number of aromatic nitrogens is 4. The Morgan fingerprint density at radius 2 is 1.96 bits per heavy atom. The van der Waals surface area contributed by atoms with Crippen LogP contribution in [0.15, 0.2) is 42.6 Å². The lowest BCUT2D eigenvalue weighted by Crippen LogP contribution is -2.06. The number of hydrogen-bond acceptors (Lipinski definition) is 3. The van der Waals surface area contributed by atoms with Gasteiger partial charge in [0.1, 0.15) is 5.15 Å². The summed E-state index contributed by atoms with van der Waals surface area (Å²) in [4.78, 5) is 3.94. The van der Waals surface area contributed by atoms with Crippen molar-refractivity contribution >= 4 is 23.8 Å². The average Bonchev–Trinajstić information content (AvgIpc) is 2.89. The SMILES string of the molecule is FC(F)(F)c1cccc(-n2c(-c3ccc(Cl)nc3)n[nH]c2=S)c1. The summed E-state index contributed by atoms with van der Waals surface area (Å²) >= 11 is 10.9. The fourth-order valence-electron chi connectivity index (χ4n) is 2.06. The lowest BCUT2D eigenvalue weighted by Gasteiger charge is -2.11. The van der Waals surface area contributed by atoms with Crippen molar-refractivity contribution < 1.29 is 13.2 Å². The first kappa shape index (κ1) is 15.7. The number of alkyl halides is 3. The third kappa shape index (κ3) is 3.13. The van der Waals surface area contributed by atoms with E-state index in [0.717, 1.165) is 12.1 Å². The summed E-state index contributed by atoms with van der Waals surface area (Å²) in [6.07, 6.45) is -2.97. The molecule has 0 bridgehead atoms. The molecule has 4 nitrogen and oxygen atoms in total. The van der Waals surface area contributed by atoms with Crippen molar-refractivity contribution in [2.75, 3.05) is 0 Å². The van der Waals surface area contributed by atoms with Gasteiger partial charge in [-0.05, 0) is 42.5 Å². The number of rotatable bonds is 2. The molecule has 3 aromatic rings. The van der Waals surface area contributed by atoms with Gasteiger partial charge in [0.25, 0.3) is 0 Å². The number of benzene rings is 1. The van der Waals surface area contributed by atoms with Gasteiger partial charge in [-0.3, -0.25) is 9.67 Å². The molecule has 0 saturated carbocycles. The zero-order valence-electron chi connectivity index (χ0n) is 11.3. The van der Waals surface area contributed by atoms with Gasteiger partial charge < -0.3 is 0 Å². The van der Waals surface area contributed by atoms with Crippen LogP contribution in [0.1, 0.15) is 5.56 Å². The van der Waals surface area contributed by atoms with Gasteiger partial charge in [-0.2, -0.15) is 18.3 Å². The number of pyridine rings is 1. The van der Waals surface area contributed by atoms with E-state index in [9.17, 15) is 13.2 Å². The van der Waals surface area contributed by atoms with Crippen LogP contribution in [0.4, 0.5) is 13.2 Å². The first-order chi connectivity index (χ1) is 10.9. The van der Waals surface area contributed by atoms with Crippen LogP contribution in [0.25, 0.3) is 17.1 Å². The second kappa shape index (κ2) is 5.78. The lowest BCUT2D eigenvalue weighted by atomic mass is 10.2. The van der Waals surface area contributed by atoms with E-state index in [4.69, 9.17) is 23.8 Å². The van der Waals surface area contributed by atoms with E-state index in [1.165, 1.54) is 22.9 Å². The van der Waals surface area contributed by atoms with Crippen LogP contribution < -0.4 is 0 Å². The van der Waals surface area contributed by atoms with E-state index in [0.29, 0.717) is 16.5 Å². The van der Waals surface area contributed by atoms with Crippen LogP contribution in [-0.2, 0) is 6.18 Å². The largest absolute Gasteiger partial charge is 0.416 e. The Kier molecular flexibility index (Phi) is 3.95. The van der Waals surface area contributed by atoms with Gasteiger partial charge in [-0.15, -0.1) is 0 Å². The lowest BCUT2D eigenvalue weighted by molar-refractivity contribution is -0.137. The number of nitrogens with zero attached hydrogens (tertiary/aromatic N) is 3. The topological polar surface area (TPSA) is 46.5 Å². The van der Waals surface area contributed by atoms with Crippen LogP contribution in [0.2, 0.25) is 5.15 Å². The highest BCUT2D eigenvalue weighted by molar-refractivity contribution is 7.71. The van der Waals surface area contributed by atoms with Crippen molar-refractivity contribution in [3.63, 3.8) is 0 Å². The van der Waals surface area contributed by atoms with Gasteiger partial charge in [0, 0.05) is 11.8 Å². The summed E-state index contributed by atoms with van der Waals surface area (Å²) in [5.74, 6) is 0.346. The molecule has 0 atom stereocenters. The normalized spacial score (nSPS) is 11.7. The van der Waals surface area contributed by atoms with E-state index in [-0.39, 0.29) is 10.5 Å². The molecule has 1 aromatic carbocycles. The molecular weight excluding hydrogens is 349 g/mol. The Morgan fingerprint density at radius 3 is 2.61 bits per heavy atom. The molecule has 0 aliphatic heterocycles.